The molecule has 1 N–H and O–H groups in total. The number of methoxy groups -OCH3 is 2. The van der Waals surface area contributed by atoms with Gasteiger partial charge in [-0.2, -0.15) is 0 Å². The summed E-state index contributed by atoms with van der Waals surface area (Å²) in [5.74, 6) is 1.91. The average Bonchev–Trinajstić information content (AvgIpc) is 2.81. The van der Waals surface area contributed by atoms with E-state index < -0.39 is 0 Å². The summed E-state index contributed by atoms with van der Waals surface area (Å²) in [4.78, 5) is 0. The molecule has 2 rings (SSSR count). The van der Waals surface area contributed by atoms with Crippen LogP contribution in [0.2, 0.25) is 5.02 Å². The molecule has 1 aromatic carbocycles. The van der Waals surface area contributed by atoms with Crippen molar-refractivity contribution in [3.8, 4) is 11.5 Å². The highest BCUT2D eigenvalue weighted by Crippen LogP contribution is 2.44. The molecule has 0 saturated carbocycles. The van der Waals surface area contributed by atoms with E-state index in [9.17, 15) is 0 Å². The summed E-state index contributed by atoms with van der Waals surface area (Å²) in [5, 5.41) is 3.98. The van der Waals surface area contributed by atoms with Crippen LogP contribution in [-0.4, -0.2) is 27.3 Å². The van der Waals surface area contributed by atoms with Crippen molar-refractivity contribution in [3.63, 3.8) is 0 Å². The summed E-state index contributed by atoms with van der Waals surface area (Å²) >= 11 is 6.17. The molecule has 0 aliphatic carbocycles. The number of aryl methyl sites for hydroxylation is 1. The van der Waals surface area contributed by atoms with Crippen LogP contribution in [0.1, 0.15) is 23.5 Å². The maximum atomic E-state index is 6.17. The summed E-state index contributed by atoms with van der Waals surface area (Å²) in [5.41, 5.74) is 2.39. The third-order valence-electron chi connectivity index (χ3n) is 3.31. The van der Waals surface area contributed by atoms with Crippen molar-refractivity contribution in [2.45, 2.75) is 19.3 Å². The lowest BCUT2D eigenvalue weighted by atomic mass is 9.92. The average molecular weight is 256 g/mol. The molecular formula is C13H18ClNO2. The van der Waals surface area contributed by atoms with Crippen LogP contribution in [0.5, 0.6) is 11.5 Å². The van der Waals surface area contributed by atoms with Crippen LogP contribution >= 0.6 is 11.6 Å². The first-order valence-corrected chi connectivity index (χ1v) is 6.18. The molecule has 1 unspecified atom stereocenters. The zero-order chi connectivity index (χ0) is 12.4. The summed E-state index contributed by atoms with van der Waals surface area (Å²) in [6, 6.07) is 1.95. The molecule has 1 aliphatic heterocycles. The molecule has 1 fully saturated rings. The fourth-order valence-electron chi connectivity index (χ4n) is 2.54. The van der Waals surface area contributed by atoms with Gasteiger partial charge in [0.05, 0.1) is 19.2 Å². The van der Waals surface area contributed by atoms with Crippen molar-refractivity contribution in [2.75, 3.05) is 27.3 Å². The number of ether oxygens (including phenoxy) is 2. The minimum Gasteiger partial charge on any atom is -0.492 e. The van der Waals surface area contributed by atoms with E-state index in [0.717, 1.165) is 25.3 Å². The zero-order valence-corrected chi connectivity index (χ0v) is 11.2. The second kappa shape index (κ2) is 5.15. The van der Waals surface area contributed by atoms with Crippen molar-refractivity contribution in [1.29, 1.82) is 0 Å². The number of rotatable bonds is 3. The number of nitrogens with one attached hydrogen (secondary N) is 1. The first-order valence-electron chi connectivity index (χ1n) is 5.80. The van der Waals surface area contributed by atoms with E-state index in [1.165, 1.54) is 11.1 Å². The van der Waals surface area contributed by atoms with Gasteiger partial charge in [0.15, 0.2) is 11.5 Å². The van der Waals surface area contributed by atoms with E-state index in [1.54, 1.807) is 14.2 Å². The topological polar surface area (TPSA) is 30.5 Å². The van der Waals surface area contributed by atoms with Crippen LogP contribution in [-0.2, 0) is 0 Å². The maximum absolute atomic E-state index is 6.17. The number of hydrogen-bond donors (Lipinski definition) is 1. The van der Waals surface area contributed by atoms with Gasteiger partial charge in [-0.05, 0) is 31.5 Å². The third-order valence-corrected chi connectivity index (χ3v) is 3.59. The number of benzene rings is 1. The van der Waals surface area contributed by atoms with Gasteiger partial charge in [0.2, 0.25) is 0 Å². The molecule has 0 amide bonds. The third kappa shape index (κ3) is 2.22. The van der Waals surface area contributed by atoms with Gasteiger partial charge in [-0.3, -0.25) is 0 Å². The van der Waals surface area contributed by atoms with Gasteiger partial charge in [0.1, 0.15) is 0 Å². The minimum atomic E-state index is 0.483. The minimum absolute atomic E-state index is 0.483. The van der Waals surface area contributed by atoms with Gasteiger partial charge >= 0.3 is 0 Å². The van der Waals surface area contributed by atoms with Crippen molar-refractivity contribution in [2.24, 2.45) is 0 Å². The molecule has 17 heavy (non-hydrogen) atoms. The van der Waals surface area contributed by atoms with E-state index >= 15 is 0 Å². The molecule has 0 spiro atoms. The number of hydrogen-bond acceptors (Lipinski definition) is 3. The highest BCUT2D eigenvalue weighted by atomic mass is 35.5. The predicted molar refractivity (Wildman–Crippen MR) is 69.5 cm³/mol. The second-order valence-corrected chi connectivity index (χ2v) is 4.75. The summed E-state index contributed by atoms with van der Waals surface area (Å²) in [6.45, 7) is 4.11. The van der Waals surface area contributed by atoms with Crippen molar-refractivity contribution in [3.05, 3.63) is 22.2 Å². The van der Waals surface area contributed by atoms with Gasteiger partial charge in [0.25, 0.3) is 0 Å². The van der Waals surface area contributed by atoms with Crippen molar-refractivity contribution >= 4 is 11.6 Å². The molecule has 1 aromatic rings. The summed E-state index contributed by atoms with van der Waals surface area (Å²) in [7, 11) is 3.29. The summed E-state index contributed by atoms with van der Waals surface area (Å²) in [6.07, 6.45) is 1.13. The highest BCUT2D eigenvalue weighted by Gasteiger charge is 2.26. The molecule has 0 bridgehead atoms. The van der Waals surface area contributed by atoms with Crippen LogP contribution in [0, 0.1) is 6.92 Å². The highest BCUT2D eigenvalue weighted by molar-refractivity contribution is 6.32. The molecule has 0 radical (unpaired) electrons. The Morgan fingerprint density at radius 1 is 1.29 bits per heavy atom. The molecule has 0 aromatic heterocycles. The Morgan fingerprint density at radius 2 is 2.00 bits per heavy atom. The largest absolute Gasteiger partial charge is 0.492 e. The molecule has 1 atom stereocenters. The Hall–Kier alpha value is -0.930. The fourth-order valence-corrected chi connectivity index (χ4v) is 2.87. The van der Waals surface area contributed by atoms with E-state index in [0.29, 0.717) is 16.7 Å². The number of halogens is 1. The summed E-state index contributed by atoms with van der Waals surface area (Å²) < 4.78 is 10.8. The van der Waals surface area contributed by atoms with Crippen molar-refractivity contribution < 1.29 is 9.47 Å². The monoisotopic (exact) mass is 255 g/mol. The quantitative estimate of drug-likeness (QED) is 0.901. The van der Waals surface area contributed by atoms with E-state index in [1.807, 2.05) is 6.07 Å². The molecule has 94 valence electrons. The Labute approximate surface area is 107 Å². The van der Waals surface area contributed by atoms with Crippen molar-refractivity contribution in [1.82, 2.24) is 5.32 Å². The molecule has 1 heterocycles. The fraction of sp³-hybridized carbons (Fsp3) is 0.538. The van der Waals surface area contributed by atoms with Crippen LogP contribution < -0.4 is 14.8 Å². The van der Waals surface area contributed by atoms with Gasteiger partial charge in [-0.1, -0.05) is 11.6 Å². The normalized spacial score (nSPS) is 19.4. The van der Waals surface area contributed by atoms with E-state index in [4.69, 9.17) is 21.1 Å². The van der Waals surface area contributed by atoms with Gasteiger partial charge in [-0.25, -0.2) is 0 Å². The molecule has 1 aliphatic rings. The molecule has 4 heteroatoms. The maximum Gasteiger partial charge on any atom is 0.179 e. The first kappa shape index (κ1) is 12.5. The van der Waals surface area contributed by atoms with Gasteiger partial charge in [-0.15, -0.1) is 0 Å². The predicted octanol–water partition coefficient (Wildman–Crippen LogP) is 2.74. The Morgan fingerprint density at radius 3 is 2.53 bits per heavy atom. The molecule has 1 saturated heterocycles. The van der Waals surface area contributed by atoms with Crippen LogP contribution in [0.15, 0.2) is 6.07 Å². The standard InChI is InChI=1S/C13H18ClNO2/c1-8-6-10(14)12(16-2)13(17-3)11(8)9-4-5-15-7-9/h6,9,15H,4-5,7H2,1-3H3. The molecule has 3 nitrogen and oxygen atoms in total. The zero-order valence-electron chi connectivity index (χ0n) is 10.5. The smallest absolute Gasteiger partial charge is 0.179 e. The lowest BCUT2D eigenvalue weighted by Crippen LogP contribution is -2.10. The molecular weight excluding hydrogens is 238 g/mol. The first-order chi connectivity index (χ1) is 8.19. The van der Waals surface area contributed by atoms with Gasteiger partial charge in [0, 0.05) is 18.0 Å². The van der Waals surface area contributed by atoms with Crippen LogP contribution in [0.4, 0.5) is 0 Å². The Kier molecular flexibility index (Phi) is 3.79. The second-order valence-electron chi connectivity index (χ2n) is 4.35. The van der Waals surface area contributed by atoms with E-state index in [-0.39, 0.29) is 0 Å². The Balaban J connectivity index is 2.55. The van der Waals surface area contributed by atoms with E-state index in [2.05, 4.69) is 12.2 Å². The lowest BCUT2D eigenvalue weighted by molar-refractivity contribution is 0.349. The Bertz CT molecular complexity index is 414. The SMILES string of the molecule is COc1c(Cl)cc(C)c(C2CCNC2)c1OC. The lowest BCUT2D eigenvalue weighted by Gasteiger charge is -2.20. The van der Waals surface area contributed by atoms with Gasteiger partial charge < -0.3 is 14.8 Å². The van der Waals surface area contributed by atoms with Crippen LogP contribution in [0.3, 0.4) is 0 Å². The van der Waals surface area contributed by atoms with Crippen LogP contribution in [0.25, 0.3) is 0 Å².